The van der Waals surface area contributed by atoms with E-state index >= 15 is 0 Å². The Kier molecular flexibility index (Phi) is 3.22. The van der Waals surface area contributed by atoms with Crippen LogP contribution in [0.3, 0.4) is 0 Å². The molecular weight excluding hydrogens is 160 g/mol. The summed E-state index contributed by atoms with van der Waals surface area (Å²) in [5.74, 6) is -0.533. The molecule has 0 spiro atoms. The van der Waals surface area contributed by atoms with Crippen LogP contribution in [0.25, 0.3) is 0 Å². The summed E-state index contributed by atoms with van der Waals surface area (Å²) in [7, 11) is 0. The molecule has 0 saturated carbocycles. The maximum Gasteiger partial charge on any atom is 0.313 e. The van der Waals surface area contributed by atoms with Crippen LogP contribution in [0.2, 0.25) is 0 Å². The molecule has 0 bridgehead atoms. The number of ketones is 1. The van der Waals surface area contributed by atoms with Crippen molar-refractivity contribution in [1.82, 2.24) is 0 Å². The highest BCUT2D eigenvalue weighted by molar-refractivity contribution is 5.95. The summed E-state index contributed by atoms with van der Waals surface area (Å²) in [6, 6.07) is 0. The van der Waals surface area contributed by atoms with Crippen molar-refractivity contribution in [3.63, 3.8) is 0 Å². The quantitative estimate of drug-likeness (QED) is 0.340. The molecule has 4 heteroatoms. The number of ether oxygens (including phenoxy) is 2. The lowest BCUT2D eigenvalue weighted by atomic mass is 10.2. The molecule has 12 heavy (non-hydrogen) atoms. The van der Waals surface area contributed by atoms with Crippen molar-refractivity contribution < 1.29 is 19.1 Å². The number of epoxide rings is 1. The second kappa shape index (κ2) is 4.21. The summed E-state index contributed by atoms with van der Waals surface area (Å²) in [5.41, 5.74) is 0. The smallest absolute Gasteiger partial charge is 0.313 e. The van der Waals surface area contributed by atoms with Gasteiger partial charge in [0.15, 0.2) is 0 Å². The van der Waals surface area contributed by atoms with Gasteiger partial charge >= 0.3 is 5.97 Å². The molecule has 1 aliphatic heterocycles. The van der Waals surface area contributed by atoms with E-state index in [1.807, 2.05) is 0 Å². The van der Waals surface area contributed by atoms with Crippen LogP contribution < -0.4 is 0 Å². The van der Waals surface area contributed by atoms with Gasteiger partial charge in [-0.1, -0.05) is 6.92 Å². The van der Waals surface area contributed by atoms with Crippen molar-refractivity contribution in [2.45, 2.75) is 25.9 Å². The zero-order chi connectivity index (χ0) is 8.97. The van der Waals surface area contributed by atoms with E-state index in [0.717, 1.165) is 0 Å². The number of hydrogen-bond acceptors (Lipinski definition) is 4. The third-order valence-corrected chi connectivity index (χ3v) is 1.57. The highest BCUT2D eigenvalue weighted by Crippen LogP contribution is 2.08. The molecule has 1 saturated heterocycles. The number of rotatable bonds is 5. The van der Waals surface area contributed by atoms with Crippen LogP contribution >= 0.6 is 0 Å². The summed E-state index contributed by atoms with van der Waals surface area (Å²) >= 11 is 0. The molecule has 0 aromatic carbocycles. The molecule has 1 fully saturated rings. The highest BCUT2D eigenvalue weighted by atomic mass is 16.6. The number of carbonyl (C=O) groups excluding carboxylic acids is 2. The Hall–Kier alpha value is -0.900. The van der Waals surface area contributed by atoms with Crippen LogP contribution in [0.4, 0.5) is 0 Å². The molecule has 0 N–H and O–H groups in total. The molecule has 4 nitrogen and oxygen atoms in total. The van der Waals surface area contributed by atoms with E-state index in [4.69, 9.17) is 9.47 Å². The Morgan fingerprint density at radius 1 is 1.58 bits per heavy atom. The Bertz CT molecular complexity index is 183. The fourth-order valence-electron chi connectivity index (χ4n) is 0.687. The van der Waals surface area contributed by atoms with E-state index in [1.165, 1.54) is 0 Å². The highest BCUT2D eigenvalue weighted by Gasteiger charge is 2.24. The van der Waals surface area contributed by atoms with Gasteiger partial charge in [-0.25, -0.2) is 0 Å². The zero-order valence-corrected chi connectivity index (χ0v) is 7.04. The van der Waals surface area contributed by atoms with Gasteiger partial charge in [0.1, 0.15) is 24.9 Å². The van der Waals surface area contributed by atoms with Crippen molar-refractivity contribution in [1.29, 1.82) is 0 Å². The van der Waals surface area contributed by atoms with E-state index in [9.17, 15) is 9.59 Å². The Labute approximate surface area is 70.8 Å². The minimum atomic E-state index is -0.447. The first-order valence-electron chi connectivity index (χ1n) is 4.01. The lowest BCUT2D eigenvalue weighted by Crippen LogP contribution is -2.13. The molecule has 0 aliphatic carbocycles. The average molecular weight is 172 g/mol. The van der Waals surface area contributed by atoms with Gasteiger partial charge in [0.2, 0.25) is 0 Å². The number of esters is 1. The largest absolute Gasteiger partial charge is 0.462 e. The summed E-state index contributed by atoms with van der Waals surface area (Å²) < 4.78 is 9.58. The van der Waals surface area contributed by atoms with Crippen molar-refractivity contribution >= 4 is 11.8 Å². The fraction of sp³-hybridized carbons (Fsp3) is 0.750. The van der Waals surface area contributed by atoms with Crippen molar-refractivity contribution in [2.75, 3.05) is 13.2 Å². The van der Waals surface area contributed by atoms with E-state index in [-0.39, 0.29) is 24.9 Å². The first-order valence-corrected chi connectivity index (χ1v) is 4.01. The van der Waals surface area contributed by atoms with E-state index in [2.05, 4.69) is 0 Å². The number of hydrogen-bond donors (Lipinski definition) is 0. The van der Waals surface area contributed by atoms with Gasteiger partial charge in [0, 0.05) is 6.42 Å². The Balaban J connectivity index is 2.05. The van der Waals surface area contributed by atoms with Crippen LogP contribution in [0.5, 0.6) is 0 Å². The molecule has 1 unspecified atom stereocenters. The van der Waals surface area contributed by atoms with E-state index in [0.29, 0.717) is 13.0 Å². The van der Waals surface area contributed by atoms with Crippen LogP contribution in [-0.4, -0.2) is 31.1 Å². The Morgan fingerprint density at radius 2 is 2.25 bits per heavy atom. The van der Waals surface area contributed by atoms with Crippen LogP contribution in [0, 0.1) is 0 Å². The first-order chi connectivity index (χ1) is 5.72. The molecular formula is C8H12O4. The fourth-order valence-corrected chi connectivity index (χ4v) is 0.687. The summed E-state index contributed by atoms with van der Waals surface area (Å²) in [5, 5.41) is 0. The van der Waals surface area contributed by atoms with Crippen LogP contribution in [0.15, 0.2) is 0 Å². The van der Waals surface area contributed by atoms with Crippen molar-refractivity contribution in [3.05, 3.63) is 0 Å². The van der Waals surface area contributed by atoms with Gasteiger partial charge in [0.05, 0.1) is 6.61 Å². The van der Waals surface area contributed by atoms with Gasteiger partial charge in [-0.2, -0.15) is 0 Å². The molecule has 0 aromatic heterocycles. The predicted octanol–water partition coefficient (Wildman–Crippen LogP) is 0.298. The molecule has 0 radical (unpaired) electrons. The minimum absolute atomic E-state index is 0.0747. The van der Waals surface area contributed by atoms with Crippen LogP contribution in [-0.2, 0) is 19.1 Å². The summed E-state index contributed by atoms with van der Waals surface area (Å²) in [6.45, 7) is 2.67. The monoisotopic (exact) mass is 172 g/mol. The second-order valence-electron chi connectivity index (χ2n) is 2.71. The topological polar surface area (TPSA) is 55.9 Å². The maximum atomic E-state index is 10.8. The lowest BCUT2D eigenvalue weighted by molar-refractivity contribution is -0.146. The molecule has 0 aromatic rings. The van der Waals surface area contributed by atoms with Gasteiger partial charge in [0.25, 0.3) is 0 Å². The van der Waals surface area contributed by atoms with Gasteiger partial charge in [-0.05, 0) is 0 Å². The number of Topliss-reactive ketones (excluding diaryl/α,β-unsaturated/α-hetero) is 1. The molecule has 0 amide bonds. The SMILES string of the molecule is CCC(=O)CC(=O)OCC1CO1. The normalized spacial score (nSPS) is 20.2. The van der Waals surface area contributed by atoms with Gasteiger partial charge in [-0.3, -0.25) is 9.59 Å². The standard InChI is InChI=1S/C8H12O4/c1-2-6(9)3-8(10)12-5-7-4-11-7/h7H,2-5H2,1H3. The lowest BCUT2D eigenvalue weighted by Gasteiger charge is -2.00. The predicted molar refractivity (Wildman–Crippen MR) is 40.6 cm³/mol. The zero-order valence-electron chi connectivity index (χ0n) is 7.04. The van der Waals surface area contributed by atoms with Crippen molar-refractivity contribution in [3.8, 4) is 0 Å². The molecule has 1 rings (SSSR count). The second-order valence-corrected chi connectivity index (χ2v) is 2.71. The Morgan fingerprint density at radius 3 is 2.75 bits per heavy atom. The molecule has 1 aliphatic rings. The van der Waals surface area contributed by atoms with E-state index in [1.54, 1.807) is 6.92 Å². The average Bonchev–Trinajstić information content (AvgIpc) is 2.83. The van der Waals surface area contributed by atoms with Gasteiger partial charge < -0.3 is 9.47 Å². The maximum absolute atomic E-state index is 10.8. The molecule has 1 heterocycles. The van der Waals surface area contributed by atoms with E-state index < -0.39 is 5.97 Å². The molecule has 68 valence electrons. The van der Waals surface area contributed by atoms with Crippen molar-refractivity contribution in [2.24, 2.45) is 0 Å². The number of carbonyl (C=O) groups is 2. The minimum Gasteiger partial charge on any atom is -0.462 e. The summed E-state index contributed by atoms with van der Waals surface area (Å²) in [4.78, 5) is 21.6. The molecule has 1 atom stereocenters. The van der Waals surface area contributed by atoms with Crippen LogP contribution in [0.1, 0.15) is 19.8 Å². The third-order valence-electron chi connectivity index (χ3n) is 1.57. The van der Waals surface area contributed by atoms with Gasteiger partial charge in [-0.15, -0.1) is 0 Å². The third kappa shape index (κ3) is 3.48. The summed E-state index contributed by atoms with van der Waals surface area (Å²) in [6.07, 6.45) is 0.351. The first kappa shape index (κ1) is 9.19.